The van der Waals surface area contributed by atoms with Gasteiger partial charge in [0, 0.05) is 23.2 Å². The van der Waals surface area contributed by atoms with Crippen LogP contribution in [0.1, 0.15) is 23.2 Å². The first-order chi connectivity index (χ1) is 14.9. The second kappa shape index (κ2) is 9.05. The molecule has 2 aromatic carbocycles. The first-order valence-corrected chi connectivity index (χ1v) is 11.6. The molecule has 31 heavy (non-hydrogen) atoms. The van der Waals surface area contributed by atoms with Crippen LogP contribution in [0.4, 0.5) is 5.69 Å². The maximum absolute atomic E-state index is 12.6. The van der Waals surface area contributed by atoms with Gasteiger partial charge in [0.1, 0.15) is 5.75 Å². The van der Waals surface area contributed by atoms with Crippen molar-refractivity contribution in [2.75, 3.05) is 11.9 Å². The van der Waals surface area contributed by atoms with Crippen LogP contribution in [0.15, 0.2) is 71.8 Å². The van der Waals surface area contributed by atoms with Gasteiger partial charge >= 0.3 is 0 Å². The fraction of sp³-hybridized carbons (Fsp3) is 0.182. The number of amides is 1. The normalized spacial score (nSPS) is 13.6. The van der Waals surface area contributed by atoms with Gasteiger partial charge in [-0.2, -0.15) is 0 Å². The van der Waals surface area contributed by atoms with Gasteiger partial charge in [0.05, 0.1) is 16.8 Å². The van der Waals surface area contributed by atoms with Crippen molar-refractivity contribution in [3.8, 4) is 11.6 Å². The average Bonchev–Trinajstić information content (AvgIpc) is 3.60. The highest BCUT2D eigenvalue weighted by molar-refractivity contribution is 7.89. The molecule has 3 aromatic rings. The summed E-state index contributed by atoms with van der Waals surface area (Å²) >= 11 is 5.85. The summed E-state index contributed by atoms with van der Waals surface area (Å²) < 4.78 is 33.1. The molecule has 2 N–H and O–H groups in total. The molecule has 9 heteroatoms. The molecule has 7 nitrogen and oxygen atoms in total. The highest BCUT2D eigenvalue weighted by atomic mass is 35.5. The molecule has 0 atom stereocenters. The molecule has 1 aromatic heterocycles. The Hall–Kier alpha value is -2.94. The Kier molecular flexibility index (Phi) is 6.22. The van der Waals surface area contributed by atoms with Crippen LogP contribution in [-0.4, -0.2) is 25.9 Å². The monoisotopic (exact) mass is 457 g/mol. The minimum Gasteiger partial charge on any atom is -0.439 e. The van der Waals surface area contributed by atoms with Crippen molar-refractivity contribution >= 4 is 33.2 Å². The number of aromatic nitrogens is 1. The lowest BCUT2D eigenvalue weighted by atomic mass is 10.2. The van der Waals surface area contributed by atoms with Crippen molar-refractivity contribution in [3.05, 3.63) is 77.4 Å². The van der Waals surface area contributed by atoms with Crippen LogP contribution in [0.25, 0.3) is 0 Å². The van der Waals surface area contributed by atoms with Crippen molar-refractivity contribution in [2.24, 2.45) is 5.92 Å². The average molecular weight is 458 g/mol. The zero-order valence-electron chi connectivity index (χ0n) is 16.4. The fourth-order valence-corrected chi connectivity index (χ4v) is 4.07. The molecule has 1 heterocycles. The van der Waals surface area contributed by atoms with Gasteiger partial charge in [-0.1, -0.05) is 17.7 Å². The number of nitrogens with one attached hydrogen (secondary N) is 2. The van der Waals surface area contributed by atoms with Crippen molar-refractivity contribution < 1.29 is 17.9 Å². The van der Waals surface area contributed by atoms with Crippen LogP contribution in [-0.2, 0) is 10.0 Å². The van der Waals surface area contributed by atoms with Crippen LogP contribution >= 0.6 is 11.6 Å². The lowest BCUT2D eigenvalue weighted by Crippen LogP contribution is -2.26. The van der Waals surface area contributed by atoms with Gasteiger partial charge in [-0.25, -0.2) is 18.1 Å². The van der Waals surface area contributed by atoms with Gasteiger partial charge in [0.2, 0.25) is 15.9 Å². The highest BCUT2D eigenvalue weighted by Gasteiger charge is 2.24. The predicted molar refractivity (Wildman–Crippen MR) is 118 cm³/mol. The lowest BCUT2D eigenvalue weighted by Gasteiger charge is -2.09. The number of ether oxygens (including phenoxy) is 1. The number of nitrogens with zero attached hydrogens (tertiary/aromatic N) is 1. The molecule has 0 aliphatic heterocycles. The van der Waals surface area contributed by atoms with Crippen LogP contribution in [0.5, 0.6) is 11.6 Å². The topological polar surface area (TPSA) is 97.4 Å². The Bertz CT molecular complexity index is 1180. The molecule has 0 unspecified atom stereocenters. The van der Waals surface area contributed by atoms with E-state index < -0.39 is 15.9 Å². The summed E-state index contributed by atoms with van der Waals surface area (Å²) in [6.45, 7) is 0.425. The van der Waals surface area contributed by atoms with Crippen molar-refractivity contribution in [1.82, 2.24) is 9.71 Å². The van der Waals surface area contributed by atoms with Gasteiger partial charge in [0.25, 0.3) is 5.91 Å². The zero-order valence-corrected chi connectivity index (χ0v) is 18.0. The summed E-state index contributed by atoms with van der Waals surface area (Å²) in [5.41, 5.74) is 0.685. The van der Waals surface area contributed by atoms with Crippen LogP contribution < -0.4 is 14.8 Å². The van der Waals surface area contributed by atoms with Crippen LogP contribution in [0.3, 0.4) is 0 Å². The molecule has 0 radical (unpaired) electrons. The van der Waals surface area contributed by atoms with E-state index in [9.17, 15) is 13.2 Å². The molecule has 4 rings (SSSR count). The maximum Gasteiger partial charge on any atom is 0.255 e. The third-order valence-corrected chi connectivity index (χ3v) is 6.37. The first-order valence-electron chi connectivity index (χ1n) is 9.70. The molecular weight excluding hydrogens is 438 g/mol. The number of carbonyl (C=O) groups excluding carboxylic acids is 1. The van der Waals surface area contributed by atoms with Crippen molar-refractivity contribution in [2.45, 2.75) is 17.7 Å². The number of rotatable bonds is 8. The quantitative estimate of drug-likeness (QED) is 0.520. The molecule has 160 valence electrons. The van der Waals surface area contributed by atoms with E-state index in [1.54, 1.807) is 48.5 Å². The highest BCUT2D eigenvalue weighted by Crippen LogP contribution is 2.28. The number of carbonyl (C=O) groups is 1. The van der Waals surface area contributed by atoms with E-state index in [0.717, 1.165) is 12.8 Å². The Morgan fingerprint density at radius 1 is 1.10 bits per heavy atom. The molecule has 0 bridgehead atoms. The minimum atomic E-state index is -3.65. The SMILES string of the molecule is O=C(Nc1ccc(Oc2ccc(Cl)cc2)nc1)c1cccc(S(=O)(=O)NCC2CC2)c1. The Morgan fingerprint density at radius 3 is 2.55 bits per heavy atom. The van der Waals surface area contributed by atoms with E-state index in [0.29, 0.717) is 34.8 Å². The molecular formula is C22H20ClN3O4S. The Labute approximate surface area is 185 Å². The van der Waals surface area contributed by atoms with Gasteiger partial charge in [-0.05, 0) is 67.3 Å². The number of hydrogen-bond acceptors (Lipinski definition) is 5. The summed E-state index contributed by atoms with van der Waals surface area (Å²) in [5.74, 6) is 0.921. The summed E-state index contributed by atoms with van der Waals surface area (Å²) in [6.07, 6.45) is 3.55. The number of anilines is 1. The molecule has 1 saturated carbocycles. The van der Waals surface area contributed by atoms with E-state index in [-0.39, 0.29) is 10.5 Å². The van der Waals surface area contributed by atoms with E-state index in [1.165, 1.54) is 18.3 Å². The van der Waals surface area contributed by atoms with Crippen LogP contribution in [0.2, 0.25) is 5.02 Å². The minimum absolute atomic E-state index is 0.0608. The third-order valence-electron chi connectivity index (χ3n) is 4.70. The smallest absolute Gasteiger partial charge is 0.255 e. The maximum atomic E-state index is 12.6. The van der Waals surface area contributed by atoms with Gasteiger partial charge in [0.15, 0.2) is 0 Å². The molecule has 1 amide bonds. The molecule has 1 aliphatic carbocycles. The standard InChI is InChI=1S/C22H20ClN3O4S/c23-17-6-9-19(10-7-17)30-21-11-8-18(14-24-21)26-22(27)16-2-1-3-20(12-16)31(28,29)25-13-15-4-5-15/h1-3,6-12,14-15,25H,4-5,13H2,(H,26,27). The second-order valence-electron chi connectivity index (χ2n) is 7.22. The van der Waals surface area contributed by atoms with E-state index in [1.807, 2.05) is 0 Å². The summed E-state index contributed by atoms with van der Waals surface area (Å²) in [6, 6.07) is 16.1. The van der Waals surface area contributed by atoms with E-state index in [2.05, 4.69) is 15.0 Å². The van der Waals surface area contributed by atoms with E-state index >= 15 is 0 Å². The van der Waals surface area contributed by atoms with Gasteiger partial charge in [-0.3, -0.25) is 4.79 Å². The molecule has 0 saturated heterocycles. The number of pyridine rings is 1. The second-order valence-corrected chi connectivity index (χ2v) is 9.42. The number of halogens is 1. The Balaban J connectivity index is 1.40. The van der Waals surface area contributed by atoms with Crippen molar-refractivity contribution in [1.29, 1.82) is 0 Å². The van der Waals surface area contributed by atoms with E-state index in [4.69, 9.17) is 16.3 Å². The molecule has 1 aliphatic rings. The number of sulfonamides is 1. The lowest BCUT2D eigenvalue weighted by molar-refractivity contribution is 0.102. The number of hydrogen-bond donors (Lipinski definition) is 2. The van der Waals surface area contributed by atoms with Crippen LogP contribution in [0, 0.1) is 5.92 Å². The zero-order chi connectivity index (χ0) is 21.8. The van der Waals surface area contributed by atoms with Gasteiger partial charge < -0.3 is 10.1 Å². The van der Waals surface area contributed by atoms with Gasteiger partial charge in [-0.15, -0.1) is 0 Å². The summed E-state index contributed by atoms with van der Waals surface area (Å²) in [4.78, 5) is 16.8. The Morgan fingerprint density at radius 2 is 1.87 bits per heavy atom. The first kappa shape index (κ1) is 21.3. The summed E-state index contributed by atoms with van der Waals surface area (Å²) in [5, 5.41) is 3.31. The third kappa shape index (κ3) is 5.81. The summed E-state index contributed by atoms with van der Waals surface area (Å²) in [7, 11) is -3.65. The predicted octanol–water partition coefficient (Wildman–Crippen LogP) is 4.47. The van der Waals surface area contributed by atoms with Crippen molar-refractivity contribution in [3.63, 3.8) is 0 Å². The molecule has 0 spiro atoms. The fourth-order valence-electron chi connectivity index (χ4n) is 2.78. The number of benzene rings is 2. The molecule has 1 fully saturated rings. The largest absolute Gasteiger partial charge is 0.439 e.